The average molecular weight is 257 g/mol. The molecule has 0 aliphatic carbocycles. The van der Waals surface area contributed by atoms with Gasteiger partial charge in [0.2, 0.25) is 5.91 Å². The molecule has 0 aliphatic rings. The molecule has 1 amide bonds. The van der Waals surface area contributed by atoms with E-state index >= 15 is 0 Å². The summed E-state index contributed by atoms with van der Waals surface area (Å²) < 4.78 is 36.3. The Kier molecular flexibility index (Phi) is 3.63. The molecule has 1 rings (SSSR count). The van der Waals surface area contributed by atoms with Crippen molar-refractivity contribution < 1.29 is 18.0 Å². The van der Waals surface area contributed by atoms with Crippen LogP contribution in [-0.4, -0.2) is 28.4 Å². The predicted molar refractivity (Wildman–Crippen MR) is 50.7 cm³/mol. The van der Waals surface area contributed by atoms with Gasteiger partial charge in [-0.05, 0) is 0 Å². The van der Waals surface area contributed by atoms with Gasteiger partial charge in [0, 0.05) is 6.20 Å². The quantitative estimate of drug-likeness (QED) is 0.840. The number of nitrogens with one attached hydrogen (secondary N) is 1. The fraction of sp³-hybridized carbons (Fsp3) is 0.429. The Balaban J connectivity index is 2.46. The topological polar surface area (TPSA) is 72.9 Å². The third kappa shape index (κ3) is 3.97. The lowest BCUT2D eigenvalue weighted by Gasteiger charge is -2.07. The van der Waals surface area contributed by atoms with Crippen molar-refractivity contribution >= 4 is 23.3 Å². The summed E-state index contributed by atoms with van der Waals surface area (Å²) in [5, 5.41) is 5.45. The number of amides is 1. The van der Waals surface area contributed by atoms with Crippen molar-refractivity contribution in [1.82, 2.24) is 15.1 Å². The predicted octanol–water partition coefficient (Wildman–Crippen LogP) is 0.797. The van der Waals surface area contributed by atoms with Gasteiger partial charge in [-0.3, -0.25) is 9.48 Å². The molecule has 3 N–H and O–H groups in total. The van der Waals surface area contributed by atoms with Crippen LogP contribution >= 0.6 is 11.6 Å². The number of carbonyl (C=O) groups excluding carboxylic acids is 1. The Morgan fingerprint density at radius 1 is 1.62 bits per heavy atom. The van der Waals surface area contributed by atoms with Crippen LogP contribution in [0.15, 0.2) is 6.20 Å². The van der Waals surface area contributed by atoms with Gasteiger partial charge in [-0.1, -0.05) is 11.6 Å². The number of anilines is 1. The summed E-state index contributed by atoms with van der Waals surface area (Å²) in [6, 6.07) is 0. The van der Waals surface area contributed by atoms with Crippen molar-refractivity contribution in [3.05, 3.63) is 11.2 Å². The first kappa shape index (κ1) is 12.6. The number of aromatic nitrogens is 2. The fourth-order valence-corrected chi connectivity index (χ4v) is 1.05. The first-order valence-electron chi connectivity index (χ1n) is 4.10. The van der Waals surface area contributed by atoms with Gasteiger partial charge in [0.15, 0.2) is 5.82 Å². The van der Waals surface area contributed by atoms with Crippen LogP contribution in [0.25, 0.3) is 0 Å². The van der Waals surface area contributed by atoms with Crippen LogP contribution in [0, 0.1) is 0 Å². The highest BCUT2D eigenvalue weighted by atomic mass is 35.5. The van der Waals surface area contributed by atoms with Crippen molar-refractivity contribution in [1.29, 1.82) is 0 Å². The van der Waals surface area contributed by atoms with Crippen LogP contribution < -0.4 is 11.1 Å². The first-order chi connectivity index (χ1) is 7.28. The van der Waals surface area contributed by atoms with Crippen molar-refractivity contribution in [2.24, 2.45) is 0 Å². The van der Waals surface area contributed by atoms with E-state index in [1.165, 1.54) is 6.20 Å². The molecule has 0 atom stereocenters. The lowest BCUT2D eigenvalue weighted by molar-refractivity contribution is -0.138. The highest BCUT2D eigenvalue weighted by molar-refractivity contribution is 6.32. The molecule has 0 aliphatic heterocycles. The number of hydrogen-bond acceptors (Lipinski definition) is 3. The monoisotopic (exact) mass is 256 g/mol. The van der Waals surface area contributed by atoms with Gasteiger partial charge >= 0.3 is 6.18 Å². The summed E-state index contributed by atoms with van der Waals surface area (Å²) in [5.74, 6) is -0.804. The van der Waals surface area contributed by atoms with Crippen molar-refractivity contribution in [3.8, 4) is 0 Å². The molecule has 1 heterocycles. The number of rotatable bonds is 3. The second kappa shape index (κ2) is 4.60. The van der Waals surface area contributed by atoms with E-state index in [4.69, 9.17) is 17.3 Å². The zero-order chi connectivity index (χ0) is 12.3. The Labute approximate surface area is 93.3 Å². The highest BCUT2D eigenvalue weighted by Gasteiger charge is 2.27. The van der Waals surface area contributed by atoms with E-state index in [0.29, 0.717) is 0 Å². The zero-order valence-corrected chi connectivity index (χ0v) is 8.64. The maximum Gasteiger partial charge on any atom is 0.405 e. The third-order valence-corrected chi connectivity index (χ3v) is 1.83. The van der Waals surface area contributed by atoms with Crippen LogP contribution in [0.3, 0.4) is 0 Å². The van der Waals surface area contributed by atoms with Gasteiger partial charge in [0.25, 0.3) is 0 Å². The van der Waals surface area contributed by atoms with Crippen molar-refractivity contribution in [2.75, 3.05) is 12.3 Å². The highest BCUT2D eigenvalue weighted by Crippen LogP contribution is 2.15. The molecule has 0 saturated carbocycles. The molecular formula is C7H8ClF3N4O. The molecule has 5 nitrogen and oxygen atoms in total. The minimum absolute atomic E-state index is 0.0188. The molecule has 9 heteroatoms. The maximum atomic E-state index is 11.7. The van der Waals surface area contributed by atoms with E-state index in [1.807, 2.05) is 0 Å². The Morgan fingerprint density at radius 3 is 2.69 bits per heavy atom. The summed E-state index contributed by atoms with van der Waals surface area (Å²) in [6.45, 7) is -1.75. The number of nitrogens with two attached hydrogens (primary N) is 1. The van der Waals surface area contributed by atoms with E-state index in [2.05, 4.69) is 5.10 Å². The molecule has 1 aromatic heterocycles. The van der Waals surface area contributed by atoms with E-state index in [0.717, 1.165) is 4.68 Å². The summed E-state index contributed by atoms with van der Waals surface area (Å²) in [7, 11) is 0. The van der Waals surface area contributed by atoms with Gasteiger partial charge < -0.3 is 11.1 Å². The lowest BCUT2D eigenvalue weighted by atomic mass is 10.5. The Hall–Kier alpha value is -1.44. The van der Waals surface area contributed by atoms with Gasteiger partial charge in [-0.2, -0.15) is 18.3 Å². The summed E-state index contributed by atoms with van der Waals surface area (Å²) in [5.41, 5.74) is 5.28. The fourth-order valence-electron chi connectivity index (χ4n) is 0.895. The molecular weight excluding hydrogens is 249 g/mol. The van der Waals surface area contributed by atoms with Gasteiger partial charge in [0.05, 0.1) is 0 Å². The number of carbonyl (C=O) groups is 1. The number of nitrogen functional groups attached to an aromatic ring is 1. The second-order valence-corrected chi connectivity index (χ2v) is 3.36. The smallest absolute Gasteiger partial charge is 0.381 e. The molecule has 0 spiro atoms. The van der Waals surface area contributed by atoms with Gasteiger partial charge in [0.1, 0.15) is 18.1 Å². The van der Waals surface area contributed by atoms with Crippen molar-refractivity contribution in [3.63, 3.8) is 0 Å². The van der Waals surface area contributed by atoms with Crippen LogP contribution in [0.1, 0.15) is 0 Å². The summed E-state index contributed by atoms with van der Waals surface area (Å²) in [6.07, 6.45) is -3.18. The number of hydrogen-bond donors (Lipinski definition) is 2. The minimum atomic E-state index is -4.43. The number of nitrogens with zero attached hydrogens (tertiary/aromatic N) is 2. The van der Waals surface area contributed by atoms with Crippen LogP contribution in [0.5, 0.6) is 0 Å². The lowest BCUT2D eigenvalue weighted by Crippen LogP contribution is -2.35. The van der Waals surface area contributed by atoms with E-state index in [1.54, 1.807) is 5.32 Å². The number of halogens is 4. The Morgan fingerprint density at radius 2 is 2.25 bits per heavy atom. The van der Waals surface area contributed by atoms with E-state index in [-0.39, 0.29) is 17.4 Å². The second-order valence-electron chi connectivity index (χ2n) is 2.95. The maximum absolute atomic E-state index is 11.7. The first-order valence-corrected chi connectivity index (χ1v) is 4.47. The van der Waals surface area contributed by atoms with E-state index < -0.39 is 18.6 Å². The largest absolute Gasteiger partial charge is 0.405 e. The number of alkyl halides is 3. The van der Waals surface area contributed by atoms with Crippen LogP contribution in [-0.2, 0) is 11.3 Å². The van der Waals surface area contributed by atoms with E-state index in [9.17, 15) is 18.0 Å². The molecule has 0 saturated heterocycles. The normalized spacial score (nSPS) is 11.5. The standard InChI is InChI=1S/C7H8ClF3N4O/c8-4-1-15(14-6(4)12)2-5(16)13-3-7(9,10)11/h1H,2-3H2,(H2,12,14)(H,13,16). The van der Waals surface area contributed by atoms with Crippen molar-refractivity contribution in [2.45, 2.75) is 12.7 Å². The van der Waals surface area contributed by atoms with Gasteiger partial charge in [-0.25, -0.2) is 0 Å². The Bertz CT molecular complexity index is 370. The molecule has 0 fully saturated rings. The molecule has 90 valence electrons. The third-order valence-electron chi connectivity index (χ3n) is 1.53. The molecule has 0 radical (unpaired) electrons. The molecule has 0 aromatic carbocycles. The zero-order valence-electron chi connectivity index (χ0n) is 7.88. The molecule has 16 heavy (non-hydrogen) atoms. The van der Waals surface area contributed by atoms with Gasteiger partial charge in [-0.15, -0.1) is 0 Å². The minimum Gasteiger partial charge on any atom is -0.381 e. The molecule has 0 bridgehead atoms. The SMILES string of the molecule is Nc1nn(CC(=O)NCC(F)(F)F)cc1Cl. The van der Waals surface area contributed by atoms with Crippen LogP contribution in [0.4, 0.5) is 19.0 Å². The molecule has 1 aromatic rings. The summed E-state index contributed by atoms with van der Waals surface area (Å²) in [4.78, 5) is 11.0. The molecule has 0 unspecified atom stereocenters. The van der Waals surface area contributed by atoms with Crippen LogP contribution in [0.2, 0.25) is 5.02 Å². The average Bonchev–Trinajstić information content (AvgIpc) is 2.41. The summed E-state index contributed by atoms with van der Waals surface area (Å²) >= 11 is 5.54.